The van der Waals surface area contributed by atoms with Crippen LogP contribution in [0.1, 0.15) is 24.4 Å². The zero-order chi connectivity index (χ0) is 15.1. The second kappa shape index (κ2) is 7.67. The van der Waals surface area contributed by atoms with Crippen LogP contribution in [-0.2, 0) is 0 Å². The number of aliphatic hydroxyl groups is 1. The largest absolute Gasteiger partial charge is 0.497 e. The maximum Gasteiger partial charge on any atom is 0.133 e. The molecule has 1 aromatic carbocycles. The summed E-state index contributed by atoms with van der Waals surface area (Å²) >= 11 is 0. The van der Waals surface area contributed by atoms with E-state index in [-0.39, 0.29) is 0 Å². The van der Waals surface area contributed by atoms with Crippen LogP contribution in [0, 0.1) is 0 Å². The molecule has 0 fully saturated rings. The molecular weight excluding hydrogens is 266 g/mol. The van der Waals surface area contributed by atoms with E-state index in [1.165, 1.54) is 5.57 Å². The summed E-state index contributed by atoms with van der Waals surface area (Å²) < 4.78 is 10.3. The molecule has 21 heavy (non-hydrogen) atoms. The molecule has 1 atom stereocenters. The highest BCUT2D eigenvalue weighted by molar-refractivity contribution is 5.53. The van der Waals surface area contributed by atoms with Crippen molar-refractivity contribution in [3.63, 3.8) is 0 Å². The first-order valence-electron chi connectivity index (χ1n) is 6.92. The predicted octanol–water partition coefficient (Wildman–Crippen LogP) is 3.01. The van der Waals surface area contributed by atoms with E-state index in [2.05, 4.69) is 18.3 Å². The maximum absolute atomic E-state index is 9.88. The molecule has 0 saturated heterocycles. The van der Waals surface area contributed by atoms with Crippen molar-refractivity contribution in [1.82, 2.24) is 5.32 Å². The number of ether oxygens (including phenoxy) is 1. The number of benzene rings is 1. The van der Waals surface area contributed by atoms with Crippen LogP contribution < -0.4 is 10.1 Å². The van der Waals surface area contributed by atoms with Gasteiger partial charge in [0.2, 0.25) is 0 Å². The number of hydrogen-bond donors (Lipinski definition) is 2. The van der Waals surface area contributed by atoms with Crippen LogP contribution in [0.2, 0.25) is 0 Å². The number of methoxy groups -OCH3 is 1. The molecule has 112 valence electrons. The molecule has 0 saturated carbocycles. The second-order valence-electron chi connectivity index (χ2n) is 4.93. The Morgan fingerprint density at radius 2 is 2.10 bits per heavy atom. The highest BCUT2D eigenvalue weighted by atomic mass is 16.5. The number of furan rings is 1. The summed E-state index contributed by atoms with van der Waals surface area (Å²) in [5, 5.41) is 13.1. The molecule has 0 bridgehead atoms. The highest BCUT2D eigenvalue weighted by Gasteiger charge is 2.08. The number of nitrogens with one attached hydrogen (secondary N) is 1. The van der Waals surface area contributed by atoms with Crippen LogP contribution >= 0.6 is 0 Å². The molecule has 2 N–H and O–H groups in total. The summed E-state index contributed by atoms with van der Waals surface area (Å²) in [6.45, 7) is 3.22. The van der Waals surface area contributed by atoms with Gasteiger partial charge in [-0.05, 0) is 36.8 Å². The molecular formula is C17H21NO3. The van der Waals surface area contributed by atoms with Gasteiger partial charge in [-0.3, -0.25) is 0 Å². The monoisotopic (exact) mass is 287 g/mol. The fourth-order valence-electron chi connectivity index (χ4n) is 2.02. The lowest BCUT2D eigenvalue weighted by Crippen LogP contribution is -2.22. The van der Waals surface area contributed by atoms with Gasteiger partial charge >= 0.3 is 0 Å². The van der Waals surface area contributed by atoms with Gasteiger partial charge in [0.05, 0.1) is 13.4 Å². The van der Waals surface area contributed by atoms with E-state index in [9.17, 15) is 5.11 Å². The Labute approximate surface area is 125 Å². The van der Waals surface area contributed by atoms with Gasteiger partial charge in [0, 0.05) is 13.1 Å². The van der Waals surface area contributed by atoms with Crippen molar-refractivity contribution in [2.24, 2.45) is 0 Å². The summed E-state index contributed by atoms with van der Waals surface area (Å²) in [5.41, 5.74) is 2.31. The Morgan fingerprint density at radius 3 is 2.71 bits per heavy atom. The SMILES string of the molecule is COc1ccc(/C=C(/C)CNCC(O)c2ccco2)cc1. The smallest absolute Gasteiger partial charge is 0.133 e. The average molecular weight is 287 g/mol. The topological polar surface area (TPSA) is 54.6 Å². The van der Waals surface area contributed by atoms with Gasteiger partial charge in [0.15, 0.2) is 0 Å². The molecule has 2 rings (SSSR count). The predicted molar refractivity (Wildman–Crippen MR) is 83.2 cm³/mol. The van der Waals surface area contributed by atoms with E-state index in [1.807, 2.05) is 24.3 Å². The first-order valence-corrected chi connectivity index (χ1v) is 6.92. The van der Waals surface area contributed by atoms with Crippen LogP contribution in [-0.4, -0.2) is 25.3 Å². The molecule has 0 aliphatic heterocycles. The van der Waals surface area contributed by atoms with Crippen molar-refractivity contribution < 1.29 is 14.3 Å². The number of aliphatic hydroxyl groups excluding tert-OH is 1. The lowest BCUT2D eigenvalue weighted by molar-refractivity contribution is 0.148. The van der Waals surface area contributed by atoms with Crippen LogP contribution in [0.5, 0.6) is 5.75 Å². The molecule has 1 aromatic heterocycles. The number of rotatable bonds is 7. The van der Waals surface area contributed by atoms with Crippen molar-refractivity contribution in [2.45, 2.75) is 13.0 Å². The minimum absolute atomic E-state index is 0.460. The normalized spacial score (nSPS) is 13.2. The zero-order valence-electron chi connectivity index (χ0n) is 12.4. The molecule has 0 amide bonds. The molecule has 1 unspecified atom stereocenters. The third-order valence-electron chi connectivity index (χ3n) is 3.14. The molecule has 0 radical (unpaired) electrons. The van der Waals surface area contributed by atoms with Gasteiger partial charge in [-0.15, -0.1) is 0 Å². The van der Waals surface area contributed by atoms with Crippen molar-refractivity contribution >= 4 is 6.08 Å². The van der Waals surface area contributed by atoms with E-state index in [1.54, 1.807) is 25.5 Å². The highest BCUT2D eigenvalue weighted by Crippen LogP contribution is 2.14. The summed E-state index contributed by atoms with van der Waals surface area (Å²) in [6, 6.07) is 11.4. The Bertz CT molecular complexity index is 558. The fraction of sp³-hybridized carbons (Fsp3) is 0.294. The molecule has 0 aliphatic carbocycles. The second-order valence-corrected chi connectivity index (χ2v) is 4.93. The fourth-order valence-corrected chi connectivity index (χ4v) is 2.02. The van der Waals surface area contributed by atoms with Crippen LogP contribution in [0.15, 0.2) is 52.7 Å². The van der Waals surface area contributed by atoms with Gasteiger partial charge in [0.1, 0.15) is 17.6 Å². The Hall–Kier alpha value is -2.04. The van der Waals surface area contributed by atoms with Gasteiger partial charge in [-0.1, -0.05) is 23.8 Å². The van der Waals surface area contributed by atoms with Crippen LogP contribution in [0.3, 0.4) is 0 Å². The first kappa shape index (κ1) is 15.4. The summed E-state index contributed by atoms with van der Waals surface area (Å²) in [6.07, 6.45) is 3.05. The van der Waals surface area contributed by atoms with Crippen molar-refractivity contribution in [3.8, 4) is 5.75 Å². The Balaban J connectivity index is 1.80. The minimum atomic E-state index is -0.617. The van der Waals surface area contributed by atoms with Crippen LogP contribution in [0.25, 0.3) is 6.08 Å². The maximum atomic E-state index is 9.88. The van der Waals surface area contributed by atoms with Gasteiger partial charge in [-0.2, -0.15) is 0 Å². The number of hydrogen-bond acceptors (Lipinski definition) is 4. The lowest BCUT2D eigenvalue weighted by Gasteiger charge is -2.09. The van der Waals surface area contributed by atoms with Gasteiger partial charge < -0.3 is 19.6 Å². The summed E-state index contributed by atoms with van der Waals surface area (Å²) in [5.74, 6) is 1.43. The summed E-state index contributed by atoms with van der Waals surface area (Å²) in [4.78, 5) is 0. The molecule has 2 aromatic rings. The quantitative estimate of drug-likeness (QED) is 0.822. The molecule has 4 nitrogen and oxygen atoms in total. The Kier molecular flexibility index (Phi) is 5.60. The van der Waals surface area contributed by atoms with E-state index in [4.69, 9.17) is 9.15 Å². The molecule has 0 aliphatic rings. The van der Waals surface area contributed by atoms with E-state index in [0.717, 1.165) is 11.3 Å². The molecule has 4 heteroatoms. The van der Waals surface area contributed by atoms with Crippen molar-refractivity contribution in [3.05, 3.63) is 59.6 Å². The standard InChI is InChI=1S/C17H21NO3/c1-13(10-14-5-7-15(20-2)8-6-14)11-18-12-16(19)17-4-3-9-21-17/h3-10,16,18-19H,11-12H2,1-2H3/b13-10-. The van der Waals surface area contributed by atoms with E-state index in [0.29, 0.717) is 18.8 Å². The van der Waals surface area contributed by atoms with E-state index >= 15 is 0 Å². The summed E-state index contributed by atoms with van der Waals surface area (Å²) in [7, 11) is 1.66. The lowest BCUT2D eigenvalue weighted by atomic mass is 10.1. The Morgan fingerprint density at radius 1 is 1.33 bits per heavy atom. The minimum Gasteiger partial charge on any atom is -0.497 e. The van der Waals surface area contributed by atoms with E-state index < -0.39 is 6.10 Å². The van der Waals surface area contributed by atoms with Crippen molar-refractivity contribution in [2.75, 3.05) is 20.2 Å². The third-order valence-corrected chi connectivity index (χ3v) is 3.14. The molecule has 0 spiro atoms. The van der Waals surface area contributed by atoms with Gasteiger partial charge in [-0.25, -0.2) is 0 Å². The molecule has 1 heterocycles. The van der Waals surface area contributed by atoms with Crippen molar-refractivity contribution in [1.29, 1.82) is 0 Å². The first-order chi connectivity index (χ1) is 10.2. The van der Waals surface area contributed by atoms with Gasteiger partial charge in [0.25, 0.3) is 0 Å². The van der Waals surface area contributed by atoms with Crippen LogP contribution in [0.4, 0.5) is 0 Å². The average Bonchev–Trinajstić information content (AvgIpc) is 3.02. The zero-order valence-corrected chi connectivity index (χ0v) is 12.4. The third kappa shape index (κ3) is 4.77.